The van der Waals surface area contributed by atoms with E-state index in [1.54, 1.807) is 16.6 Å². The van der Waals surface area contributed by atoms with Crippen molar-refractivity contribution in [2.75, 3.05) is 0 Å². The van der Waals surface area contributed by atoms with Gasteiger partial charge in [0.25, 0.3) is 5.56 Å². The number of hydrogen-bond acceptors (Lipinski definition) is 1. The Bertz CT molecular complexity index is 663. The number of aromatic nitrogens is 2. The quantitative estimate of drug-likeness (QED) is 0.568. The summed E-state index contributed by atoms with van der Waals surface area (Å²) in [6, 6.07) is 13.1. The van der Waals surface area contributed by atoms with Gasteiger partial charge in [0, 0.05) is 11.5 Å². The molecule has 14 heavy (non-hydrogen) atoms. The van der Waals surface area contributed by atoms with Crippen molar-refractivity contribution in [3.05, 3.63) is 52.8 Å². The molecule has 3 nitrogen and oxygen atoms in total. The zero-order chi connectivity index (χ0) is 9.54. The summed E-state index contributed by atoms with van der Waals surface area (Å²) in [5, 5.41) is 4.12. The summed E-state index contributed by atoms with van der Waals surface area (Å²) in [6.45, 7) is 0. The number of hydrogen-bond donors (Lipinski definition) is 1. The van der Waals surface area contributed by atoms with E-state index in [0.717, 1.165) is 16.4 Å². The summed E-state index contributed by atoms with van der Waals surface area (Å²) in [5.41, 5.74) is 1.88. The molecule has 0 saturated heterocycles. The van der Waals surface area contributed by atoms with Gasteiger partial charge in [0.1, 0.15) is 0 Å². The van der Waals surface area contributed by atoms with Crippen LogP contribution in [0, 0.1) is 0 Å². The van der Waals surface area contributed by atoms with Gasteiger partial charge in [0.15, 0.2) is 0 Å². The third kappa shape index (κ3) is 0.836. The summed E-state index contributed by atoms with van der Waals surface area (Å²) in [6.07, 6.45) is 0. The Kier molecular flexibility index (Phi) is 1.31. The van der Waals surface area contributed by atoms with Crippen molar-refractivity contribution < 1.29 is 0 Å². The lowest BCUT2D eigenvalue weighted by Gasteiger charge is -1.89. The smallest absolute Gasteiger partial charge is 0.269 e. The monoisotopic (exact) mass is 184 g/mol. The first kappa shape index (κ1) is 7.38. The van der Waals surface area contributed by atoms with Crippen molar-refractivity contribution >= 4 is 16.4 Å². The molecule has 0 atom stereocenters. The fourth-order valence-electron chi connectivity index (χ4n) is 1.74. The Hall–Kier alpha value is -2.03. The van der Waals surface area contributed by atoms with Crippen LogP contribution >= 0.6 is 0 Å². The maximum atomic E-state index is 11.5. The first-order chi connectivity index (χ1) is 6.86. The Labute approximate surface area is 79.6 Å². The fraction of sp³-hybridized carbons (Fsp3) is 0. The highest BCUT2D eigenvalue weighted by Gasteiger charge is 2.02. The van der Waals surface area contributed by atoms with Crippen LogP contribution in [0.2, 0.25) is 0 Å². The molecule has 0 aliphatic rings. The van der Waals surface area contributed by atoms with E-state index in [1.165, 1.54) is 0 Å². The van der Waals surface area contributed by atoms with Crippen molar-refractivity contribution in [2.24, 2.45) is 0 Å². The molecule has 0 fully saturated rings. The van der Waals surface area contributed by atoms with Crippen molar-refractivity contribution in [1.29, 1.82) is 0 Å². The number of nitrogens with zero attached hydrogens (tertiary/aromatic N) is 1. The van der Waals surface area contributed by atoms with E-state index in [1.807, 2.05) is 30.3 Å². The van der Waals surface area contributed by atoms with Gasteiger partial charge in [-0.15, -0.1) is 0 Å². The fourth-order valence-corrected chi connectivity index (χ4v) is 1.74. The zero-order valence-corrected chi connectivity index (χ0v) is 7.40. The second-order valence-corrected chi connectivity index (χ2v) is 3.24. The van der Waals surface area contributed by atoms with Crippen LogP contribution in [0.3, 0.4) is 0 Å². The van der Waals surface area contributed by atoms with Crippen LogP contribution in [-0.4, -0.2) is 9.61 Å². The van der Waals surface area contributed by atoms with E-state index in [2.05, 4.69) is 5.10 Å². The maximum absolute atomic E-state index is 11.5. The van der Waals surface area contributed by atoms with Gasteiger partial charge in [-0.3, -0.25) is 9.89 Å². The standard InChI is InChI=1S/C11H8N2O/c14-11-7-3-6-10-8-4-1-2-5-9(8)12-13(10)11/h1-7,12H. The van der Waals surface area contributed by atoms with Gasteiger partial charge in [-0.05, 0) is 12.1 Å². The summed E-state index contributed by atoms with van der Waals surface area (Å²) in [7, 11) is 0. The SMILES string of the molecule is O=c1cccc2c3ccccc3[nH]n12. The molecule has 0 aliphatic heterocycles. The molecular formula is C11H8N2O. The Morgan fingerprint density at radius 1 is 1.00 bits per heavy atom. The highest BCUT2D eigenvalue weighted by molar-refractivity contribution is 5.93. The highest BCUT2D eigenvalue weighted by atomic mass is 16.1. The average Bonchev–Trinajstić information content (AvgIpc) is 2.59. The Morgan fingerprint density at radius 3 is 2.79 bits per heavy atom. The molecule has 1 N–H and O–H groups in total. The third-order valence-electron chi connectivity index (χ3n) is 2.39. The lowest BCUT2D eigenvalue weighted by atomic mass is 10.2. The molecule has 0 spiro atoms. The summed E-state index contributed by atoms with van der Waals surface area (Å²) in [5.74, 6) is 0. The largest absolute Gasteiger partial charge is 0.290 e. The molecule has 3 heteroatoms. The van der Waals surface area contributed by atoms with Crippen molar-refractivity contribution in [3.63, 3.8) is 0 Å². The molecule has 0 unspecified atom stereocenters. The van der Waals surface area contributed by atoms with Crippen LogP contribution < -0.4 is 5.56 Å². The molecule has 1 aromatic carbocycles. The molecule has 0 aliphatic carbocycles. The number of aromatic amines is 1. The van der Waals surface area contributed by atoms with Gasteiger partial charge in [0.2, 0.25) is 0 Å². The zero-order valence-electron chi connectivity index (χ0n) is 7.40. The van der Waals surface area contributed by atoms with Crippen LogP contribution in [0.15, 0.2) is 47.3 Å². The van der Waals surface area contributed by atoms with E-state index in [9.17, 15) is 4.79 Å². The number of H-pyrrole nitrogens is 1. The van der Waals surface area contributed by atoms with Gasteiger partial charge >= 0.3 is 0 Å². The maximum Gasteiger partial charge on any atom is 0.269 e. The van der Waals surface area contributed by atoms with Crippen molar-refractivity contribution in [1.82, 2.24) is 9.61 Å². The van der Waals surface area contributed by atoms with E-state index < -0.39 is 0 Å². The number of fused-ring (bicyclic) bond motifs is 3. The average molecular weight is 184 g/mol. The second kappa shape index (κ2) is 2.48. The van der Waals surface area contributed by atoms with Crippen LogP contribution in [0.25, 0.3) is 16.4 Å². The van der Waals surface area contributed by atoms with E-state index >= 15 is 0 Å². The van der Waals surface area contributed by atoms with Gasteiger partial charge < -0.3 is 0 Å². The number of para-hydroxylation sites is 1. The summed E-state index contributed by atoms with van der Waals surface area (Å²) < 4.78 is 1.56. The number of nitrogens with one attached hydrogen (secondary N) is 1. The molecule has 3 rings (SSSR count). The second-order valence-electron chi connectivity index (χ2n) is 3.24. The molecule has 0 amide bonds. The molecule has 68 valence electrons. The van der Waals surface area contributed by atoms with Gasteiger partial charge in [-0.1, -0.05) is 24.3 Å². The minimum absolute atomic E-state index is 0.0290. The molecule has 2 aromatic heterocycles. The molecule has 3 aromatic rings. The molecule has 0 radical (unpaired) electrons. The van der Waals surface area contributed by atoms with Crippen molar-refractivity contribution in [3.8, 4) is 0 Å². The Balaban J connectivity index is 2.70. The lowest BCUT2D eigenvalue weighted by Crippen LogP contribution is -2.10. The van der Waals surface area contributed by atoms with Crippen molar-refractivity contribution in [2.45, 2.75) is 0 Å². The number of benzene rings is 1. The van der Waals surface area contributed by atoms with Gasteiger partial charge in [0.05, 0.1) is 11.0 Å². The minimum Gasteiger partial charge on any atom is -0.290 e. The molecule has 0 bridgehead atoms. The normalized spacial score (nSPS) is 11.1. The summed E-state index contributed by atoms with van der Waals surface area (Å²) in [4.78, 5) is 11.5. The first-order valence-corrected chi connectivity index (χ1v) is 4.45. The predicted molar refractivity (Wildman–Crippen MR) is 55.5 cm³/mol. The first-order valence-electron chi connectivity index (χ1n) is 4.45. The van der Waals surface area contributed by atoms with Crippen LogP contribution in [-0.2, 0) is 0 Å². The van der Waals surface area contributed by atoms with Crippen LogP contribution in [0.1, 0.15) is 0 Å². The highest BCUT2D eigenvalue weighted by Crippen LogP contribution is 2.16. The molecule has 2 heterocycles. The topological polar surface area (TPSA) is 37.3 Å². The van der Waals surface area contributed by atoms with Gasteiger partial charge in [-0.25, -0.2) is 4.52 Å². The molecular weight excluding hydrogens is 176 g/mol. The summed E-state index contributed by atoms with van der Waals surface area (Å²) >= 11 is 0. The number of pyridine rings is 1. The van der Waals surface area contributed by atoms with Gasteiger partial charge in [-0.2, -0.15) is 0 Å². The van der Waals surface area contributed by atoms with E-state index in [0.29, 0.717) is 0 Å². The van der Waals surface area contributed by atoms with E-state index in [-0.39, 0.29) is 5.56 Å². The van der Waals surface area contributed by atoms with E-state index in [4.69, 9.17) is 0 Å². The van der Waals surface area contributed by atoms with Crippen LogP contribution in [0.5, 0.6) is 0 Å². The lowest BCUT2D eigenvalue weighted by molar-refractivity contribution is 0.937. The number of rotatable bonds is 0. The van der Waals surface area contributed by atoms with Crippen LogP contribution in [0.4, 0.5) is 0 Å². The Morgan fingerprint density at radius 2 is 1.86 bits per heavy atom. The molecule has 0 saturated carbocycles. The minimum atomic E-state index is -0.0290. The third-order valence-corrected chi connectivity index (χ3v) is 2.39. The predicted octanol–water partition coefficient (Wildman–Crippen LogP) is 1.78.